The average Bonchev–Trinajstić information content (AvgIpc) is 3.25. The summed E-state index contributed by atoms with van der Waals surface area (Å²) in [5.74, 6) is 2.08. The van der Waals surface area contributed by atoms with Crippen molar-refractivity contribution in [2.75, 3.05) is 57.9 Å². The smallest absolute Gasteiger partial charge is 0.246 e. The molecule has 9 heteroatoms. The molecule has 0 radical (unpaired) electrons. The number of hydrogen-bond acceptors (Lipinski definition) is 8. The molecule has 2 aromatic carbocycles. The number of phenols is 1. The number of aromatic hydroxyl groups is 1. The van der Waals surface area contributed by atoms with Gasteiger partial charge >= 0.3 is 0 Å². The van der Waals surface area contributed by atoms with Gasteiger partial charge in [0.15, 0.2) is 0 Å². The van der Waals surface area contributed by atoms with Crippen LogP contribution in [0, 0.1) is 6.92 Å². The van der Waals surface area contributed by atoms with Gasteiger partial charge in [-0.2, -0.15) is 0 Å². The summed E-state index contributed by atoms with van der Waals surface area (Å²) in [6.07, 6.45) is 0. The van der Waals surface area contributed by atoms with Gasteiger partial charge in [-0.25, -0.2) is 4.98 Å². The Morgan fingerprint density at radius 2 is 1.91 bits per heavy atom. The molecule has 1 saturated heterocycles. The molecular formula is C26H32N4O5. The van der Waals surface area contributed by atoms with Crippen molar-refractivity contribution in [2.45, 2.75) is 13.5 Å². The molecule has 3 aromatic rings. The molecule has 1 aromatic heterocycles. The molecule has 0 spiro atoms. The highest BCUT2D eigenvalue weighted by Gasteiger charge is 2.17. The summed E-state index contributed by atoms with van der Waals surface area (Å²) in [5, 5.41) is 12.6. The number of amides is 1. The van der Waals surface area contributed by atoms with Crippen LogP contribution in [0.1, 0.15) is 11.5 Å². The highest BCUT2D eigenvalue weighted by molar-refractivity contribution is 5.77. The van der Waals surface area contributed by atoms with Crippen LogP contribution in [-0.4, -0.2) is 73.9 Å². The van der Waals surface area contributed by atoms with E-state index in [0.717, 1.165) is 49.7 Å². The van der Waals surface area contributed by atoms with Crippen molar-refractivity contribution in [1.82, 2.24) is 15.2 Å². The fourth-order valence-corrected chi connectivity index (χ4v) is 3.98. The number of oxazole rings is 1. The minimum atomic E-state index is -0.153. The van der Waals surface area contributed by atoms with Crippen LogP contribution in [0.5, 0.6) is 11.5 Å². The number of aromatic nitrogens is 1. The number of methoxy groups -OCH3 is 1. The fourth-order valence-electron chi connectivity index (χ4n) is 3.98. The van der Waals surface area contributed by atoms with Crippen LogP contribution in [-0.2, 0) is 16.1 Å². The fraction of sp³-hybridized carbons (Fsp3) is 0.385. The number of anilines is 1. The number of nitrogens with zero attached hydrogens (tertiary/aromatic N) is 3. The van der Waals surface area contributed by atoms with Crippen LogP contribution in [0.25, 0.3) is 11.5 Å². The Hall–Kier alpha value is -3.56. The molecule has 1 aliphatic rings. The quantitative estimate of drug-likeness (QED) is 0.457. The zero-order chi connectivity index (χ0) is 24.6. The Balaban J connectivity index is 1.13. The molecule has 2 N–H and O–H groups in total. The van der Waals surface area contributed by atoms with E-state index in [1.807, 2.05) is 43.3 Å². The van der Waals surface area contributed by atoms with E-state index in [-0.39, 0.29) is 24.9 Å². The molecule has 0 unspecified atom stereocenters. The van der Waals surface area contributed by atoms with Crippen molar-refractivity contribution < 1.29 is 23.8 Å². The summed E-state index contributed by atoms with van der Waals surface area (Å²) in [7, 11) is 1.62. The molecule has 0 bridgehead atoms. The molecule has 35 heavy (non-hydrogen) atoms. The van der Waals surface area contributed by atoms with Crippen LogP contribution in [0.4, 0.5) is 5.69 Å². The van der Waals surface area contributed by atoms with Gasteiger partial charge in [0, 0.05) is 56.6 Å². The number of carbonyl (C=O) groups is 1. The highest BCUT2D eigenvalue weighted by atomic mass is 16.5. The van der Waals surface area contributed by atoms with Gasteiger partial charge in [0.1, 0.15) is 29.6 Å². The van der Waals surface area contributed by atoms with Gasteiger partial charge in [0.25, 0.3) is 0 Å². The van der Waals surface area contributed by atoms with Gasteiger partial charge < -0.3 is 29.2 Å². The van der Waals surface area contributed by atoms with E-state index in [9.17, 15) is 9.90 Å². The van der Waals surface area contributed by atoms with Crippen LogP contribution in [0.2, 0.25) is 0 Å². The van der Waals surface area contributed by atoms with Crippen LogP contribution in [0.15, 0.2) is 52.9 Å². The van der Waals surface area contributed by atoms with Gasteiger partial charge in [0.05, 0.1) is 13.7 Å². The number of ether oxygens (including phenoxy) is 2. The van der Waals surface area contributed by atoms with E-state index >= 15 is 0 Å². The Morgan fingerprint density at radius 3 is 2.63 bits per heavy atom. The SMILES string of the molecule is COc1ccc(-c2nc(COCC(=O)NCCN3CCN(c4cccc(O)c4)CC3)c(C)o2)cc1. The Kier molecular flexibility index (Phi) is 8.23. The van der Waals surface area contributed by atoms with E-state index in [4.69, 9.17) is 13.9 Å². The Bertz CT molecular complexity index is 1110. The second-order valence-corrected chi connectivity index (χ2v) is 8.44. The minimum absolute atomic E-state index is 0.0323. The molecule has 0 aliphatic carbocycles. The van der Waals surface area contributed by atoms with Gasteiger partial charge in [0.2, 0.25) is 11.8 Å². The molecule has 0 saturated carbocycles. The van der Waals surface area contributed by atoms with Gasteiger partial charge in [-0.1, -0.05) is 6.07 Å². The first kappa shape index (κ1) is 24.6. The number of hydrogen-bond donors (Lipinski definition) is 2. The second kappa shape index (κ2) is 11.7. The lowest BCUT2D eigenvalue weighted by atomic mass is 10.2. The van der Waals surface area contributed by atoms with E-state index < -0.39 is 0 Å². The highest BCUT2D eigenvalue weighted by Crippen LogP contribution is 2.24. The molecule has 2 heterocycles. The van der Waals surface area contributed by atoms with E-state index in [0.29, 0.717) is 23.9 Å². The molecule has 186 valence electrons. The lowest BCUT2D eigenvalue weighted by Crippen LogP contribution is -2.48. The first-order valence-corrected chi connectivity index (χ1v) is 11.7. The normalized spacial score (nSPS) is 14.2. The third-order valence-electron chi connectivity index (χ3n) is 6.02. The first-order chi connectivity index (χ1) is 17.0. The predicted molar refractivity (Wildman–Crippen MR) is 133 cm³/mol. The molecular weight excluding hydrogens is 448 g/mol. The number of aryl methyl sites for hydroxylation is 1. The molecule has 0 atom stereocenters. The predicted octanol–water partition coefficient (Wildman–Crippen LogP) is 2.82. The van der Waals surface area contributed by atoms with Crippen molar-refractivity contribution in [3.05, 3.63) is 60.0 Å². The zero-order valence-electron chi connectivity index (χ0n) is 20.2. The van der Waals surface area contributed by atoms with Gasteiger partial charge in [-0.15, -0.1) is 0 Å². The van der Waals surface area contributed by atoms with E-state index in [1.165, 1.54) is 0 Å². The number of benzene rings is 2. The standard InChI is InChI=1S/C26H32N4O5/c1-19-24(28-26(35-19)20-6-8-23(33-2)9-7-20)17-34-18-25(32)27-10-11-29-12-14-30(15-13-29)21-4-3-5-22(31)16-21/h3-9,16,31H,10-15,17-18H2,1-2H3,(H,27,32). The largest absolute Gasteiger partial charge is 0.508 e. The van der Waals surface area contributed by atoms with Crippen LogP contribution >= 0.6 is 0 Å². The maximum Gasteiger partial charge on any atom is 0.246 e. The third-order valence-corrected chi connectivity index (χ3v) is 6.02. The number of phenolic OH excluding ortho intramolecular Hbond substituents is 1. The van der Waals surface area contributed by atoms with E-state index in [1.54, 1.807) is 19.2 Å². The lowest BCUT2D eigenvalue weighted by molar-refractivity contribution is -0.126. The average molecular weight is 481 g/mol. The van der Waals surface area contributed by atoms with Gasteiger partial charge in [-0.05, 0) is 43.3 Å². The van der Waals surface area contributed by atoms with Gasteiger partial charge in [-0.3, -0.25) is 9.69 Å². The molecule has 1 amide bonds. The van der Waals surface area contributed by atoms with Crippen molar-refractivity contribution in [3.63, 3.8) is 0 Å². The summed E-state index contributed by atoms with van der Waals surface area (Å²) in [6.45, 7) is 6.94. The van der Waals surface area contributed by atoms with Crippen molar-refractivity contribution >= 4 is 11.6 Å². The zero-order valence-corrected chi connectivity index (χ0v) is 20.2. The topological polar surface area (TPSA) is 100 Å². The summed E-state index contributed by atoms with van der Waals surface area (Å²) in [4.78, 5) is 21.3. The van der Waals surface area contributed by atoms with Crippen LogP contribution in [0.3, 0.4) is 0 Å². The Morgan fingerprint density at radius 1 is 1.14 bits per heavy atom. The van der Waals surface area contributed by atoms with Crippen molar-refractivity contribution in [2.24, 2.45) is 0 Å². The monoisotopic (exact) mass is 480 g/mol. The van der Waals surface area contributed by atoms with Crippen molar-refractivity contribution in [1.29, 1.82) is 0 Å². The maximum atomic E-state index is 12.2. The first-order valence-electron chi connectivity index (χ1n) is 11.7. The maximum absolute atomic E-state index is 12.2. The van der Waals surface area contributed by atoms with Crippen LogP contribution < -0.4 is 15.0 Å². The van der Waals surface area contributed by atoms with Crippen molar-refractivity contribution in [3.8, 4) is 23.0 Å². The third kappa shape index (κ3) is 6.74. The Labute approximate surface area is 205 Å². The summed E-state index contributed by atoms with van der Waals surface area (Å²) < 4.78 is 16.5. The summed E-state index contributed by atoms with van der Waals surface area (Å²) in [5.41, 5.74) is 2.56. The molecule has 9 nitrogen and oxygen atoms in total. The van der Waals surface area contributed by atoms with E-state index in [2.05, 4.69) is 20.1 Å². The number of carbonyl (C=O) groups excluding carboxylic acids is 1. The molecule has 1 aliphatic heterocycles. The number of nitrogens with one attached hydrogen (secondary N) is 1. The number of rotatable bonds is 10. The molecule has 4 rings (SSSR count). The number of piperazine rings is 1. The summed E-state index contributed by atoms with van der Waals surface area (Å²) in [6, 6.07) is 14.8. The second-order valence-electron chi connectivity index (χ2n) is 8.44. The molecule has 1 fully saturated rings. The summed E-state index contributed by atoms with van der Waals surface area (Å²) >= 11 is 0. The minimum Gasteiger partial charge on any atom is -0.508 e. The lowest BCUT2D eigenvalue weighted by Gasteiger charge is -2.36.